The second kappa shape index (κ2) is 18.7. The van der Waals surface area contributed by atoms with Gasteiger partial charge in [-0.05, 0) is 85.8 Å². The van der Waals surface area contributed by atoms with Gasteiger partial charge in [-0.2, -0.15) is 0 Å². The number of aliphatic hydroxyl groups excluding tert-OH is 1. The number of rotatable bonds is 15. The van der Waals surface area contributed by atoms with Crippen LogP contribution in [-0.2, 0) is 19.0 Å². The molecule has 6 N–H and O–H groups in total. The Balaban J connectivity index is 1.94. The Morgan fingerprint density at radius 3 is 2.45 bits per heavy atom. The van der Waals surface area contributed by atoms with Crippen molar-refractivity contribution in [2.24, 2.45) is 16.5 Å². The van der Waals surface area contributed by atoms with E-state index in [1.54, 1.807) is 20.4 Å². The van der Waals surface area contributed by atoms with E-state index < -0.39 is 36.7 Å². The molecule has 2 fully saturated rings. The van der Waals surface area contributed by atoms with Crippen LogP contribution in [0.2, 0.25) is 0 Å². The van der Waals surface area contributed by atoms with E-state index in [1.165, 1.54) is 21.6 Å². The number of hydrogen-bond acceptors (Lipinski definition) is 9. The maximum atomic E-state index is 13.1. The average Bonchev–Trinajstić information content (AvgIpc) is 2.94. The molecule has 8 atom stereocenters. The summed E-state index contributed by atoms with van der Waals surface area (Å²) in [6, 6.07) is -1.49. The van der Waals surface area contributed by atoms with Crippen LogP contribution >= 0.6 is 0 Å². The highest BCUT2D eigenvalue weighted by molar-refractivity contribution is 5.81. The molecule has 5 unspecified atom stereocenters. The molecule has 10 heteroatoms. The van der Waals surface area contributed by atoms with Gasteiger partial charge in [0.05, 0.1) is 24.3 Å². The summed E-state index contributed by atoms with van der Waals surface area (Å²) >= 11 is 0. The van der Waals surface area contributed by atoms with Gasteiger partial charge in [0.25, 0.3) is 0 Å². The number of allylic oxidation sites excluding steroid dienone is 6. The summed E-state index contributed by atoms with van der Waals surface area (Å²) in [4.78, 5) is 18.9. The highest BCUT2D eigenvalue weighted by atomic mass is 16.7. The maximum Gasteiger partial charge on any atom is 0.244 e. The molecule has 2 aliphatic rings. The average molecular weight is 592 g/mol. The zero-order valence-electron chi connectivity index (χ0n) is 26.9. The predicted octanol–water partition coefficient (Wildman–Crippen LogP) is 2.85. The lowest BCUT2D eigenvalue weighted by atomic mass is 9.83. The van der Waals surface area contributed by atoms with Gasteiger partial charge < -0.3 is 41.0 Å². The molecule has 0 aromatic carbocycles. The van der Waals surface area contributed by atoms with Crippen molar-refractivity contribution in [3.8, 4) is 0 Å². The standard InChI is InChI=1S/C32H57N5O5/c1-21(2)10-8-11-22(3)12-9-13-23(4)16-17-36-20-28(38)37(6)29-27(40-7)18-26(34)31(30(29)39)42-32-25(33)15-14-24(41-32)19-35-5/h10,12,16-17,24-27,29-32,35,39H,8-9,11,13-15,18-20,33-34H2,1-7H3/b22-12+,23-16+,36-17?/t24?,25?,26?,27-,29?,30?,31-,32+/m0/s1. The van der Waals surface area contributed by atoms with Gasteiger partial charge >= 0.3 is 0 Å². The minimum atomic E-state index is -1.09. The fourth-order valence-electron chi connectivity index (χ4n) is 5.55. The van der Waals surface area contributed by atoms with Crippen LogP contribution in [0.5, 0.6) is 0 Å². The van der Waals surface area contributed by atoms with Gasteiger partial charge in [-0.1, -0.05) is 28.9 Å². The molecule has 10 nitrogen and oxygen atoms in total. The number of hydrogen-bond donors (Lipinski definition) is 4. The third kappa shape index (κ3) is 11.6. The molecule has 240 valence electrons. The Labute approximate surface area is 253 Å². The lowest BCUT2D eigenvalue weighted by Gasteiger charge is -2.48. The first-order valence-corrected chi connectivity index (χ1v) is 15.4. The fourth-order valence-corrected chi connectivity index (χ4v) is 5.55. The SMILES string of the molecule is CNCC1CCC(N)[C@@H](O[C@H]2C(N)C[C@H](OC)C(N(C)C(=O)CN=C/C=C(\C)CC/C=C(\C)CCC=C(C)C)C2O)O1. The number of nitrogens with two attached hydrogens (primary N) is 2. The van der Waals surface area contributed by atoms with Gasteiger partial charge in [-0.25, -0.2) is 0 Å². The Hall–Kier alpha value is -1.92. The van der Waals surface area contributed by atoms with E-state index in [1.807, 2.05) is 13.1 Å². The smallest absolute Gasteiger partial charge is 0.244 e. The first-order chi connectivity index (χ1) is 20.0. The van der Waals surface area contributed by atoms with Crippen LogP contribution in [0, 0.1) is 0 Å². The second-order valence-corrected chi connectivity index (χ2v) is 12.1. The third-order valence-electron chi connectivity index (χ3n) is 8.17. The molecule has 1 aliphatic heterocycles. The number of carbonyl (C=O) groups excluding carboxylic acids is 1. The van der Waals surface area contributed by atoms with E-state index in [4.69, 9.17) is 25.7 Å². The van der Waals surface area contributed by atoms with Crippen molar-refractivity contribution in [1.29, 1.82) is 0 Å². The molecule has 0 aromatic rings. The molecule has 1 saturated carbocycles. The number of likely N-dealkylation sites (N-methyl/N-ethyl adjacent to an activating group) is 2. The van der Waals surface area contributed by atoms with Crippen LogP contribution in [0.25, 0.3) is 0 Å². The number of nitrogens with one attached hydrogen (secondary N) is 1. The minimum Gasteiger partial charge on any atom is -0.388 e. The van der Waals surface area contributed by atoms with E-state index in [9.17, 15) is 9.90 Å². The Morgan fingerprint density at radius 1 is 1.10 bits per heavy atom. The van der Waals surface area contributed by atoms with E-state index in [0.717, 1.165) is 38.5 Å². The van der Waals surface area contributed by atoms with Crippen molar-refractivity contribution in [3.05, 3.63) is 34.9 Å². The van der Waals surface area contributed by atoms with Crippen LogP contribution in [0.3, 0.4) is 0 Å². The zero-order valence-corrected chi connectivity index (χ0v) is 26.9. The zero-order chi connectivity index (χ0) is 31.2. The number of carbonyl (C=O) groups is 1. The molecular weight excluding hydrogens is 534 g/mol. The number of amides is 1. The number of methoxy groups -OCH3 is 1. The topological polar surface area (TPSA) is 145 Å². The van der Waals surface area contributed by atoms with Crippen molar-refractivity contribution < 1.29 is 24.1 Å². The van der Waals surface area contributed by atoms with Gasteiger partial charge in [0.2, 0.25) is 5.91 Å². The largest absolute Gasteiger partial charge is 0.388 e. The number of nitrogens with zero attached hydrogens (tertiary/aromatic N) is 2. The Morgan fingerprint density at radius 2 is 1.79 bits per heavy atom. The molecule has 1 saturated heterocycles. The maximum absolute atomic E-state index is 13.1. The van der Waals surface area contributed by atoms with Crippen LogP contribution in [0.15, 0.2) is 39.9 Å². The summed E-state index contributed by atoms with van der Waals surface area (Å²) in [7, 11) is 5.09. The Kier molecular flexibility index (Phi) is 16.1. The summed E-state index contributed by atoms with van der Waals surface area (Å²) in [5, 5.41) is 14.5. The summed E-state index contributed by atoms with van der Waals surface area (Å²) in [6.07, 6.45) is 11.3. The molecule has 42 heavy (non-hydrogen) atoms. The molecule has 1 aliphatic carbocycles. The molecule has 2 rings (SSSR count). The second-order valence-electron chi connectivity index (χ2n) is 12.1. The molecule has 0 aromatic heterocycles. The van der Waals surface area contributed by atoms with Gasteiger partial charge in [-0.15, -0.1) is 0 Å². The normalized spacial score (nSPS) is 30.9. The van der Waals surface area contributed by atoms with Crippen molar-refractivity contribution in [2.45, 2.75) is 121 Å². The van der Waals surface area contributed by atoms with E-state index in [-0.39, 0.29) is 24.6 Å². The Bertz CT molecular complexity index is 948. The fraction of sp³-hybridized carbons (Fsp3) is 0.750. The van der Waals surface area contributed by atoms with Crippen molar-refractivity contribution in [1.82, 2.24) is 10.2 Å². The molecule has 1 heterocycles. The van der Waals surface area contributed by atoms with Crippen molar-refractivity contribution in [3.63, 3.8) is 0 Å². The number of aliphatic imine (C=N–C) groups is 1. The van der Waals surface area contributed by atoms with E-state index in [0.29, 0.717) is 13.0 Å². The highest BCUT2D eigenvalue weighted by Crippen LogP contribution is 2.30. The first-order valence-electron chi connectivity index (χ1n) is 15.4. The molecule has 0 spiro atoms. The molecule has 1 amide bonds. The minimum absolute atomic E-state index is 0.0303. The predicted molar refractivity (Wildman–Crippen MR) is 169 cm³/mol. The van der Waals surface area contributed by atoms with Crippen molar-refractivity contribution >= 4 is 12.1 Å². The van der Waals surface area contributed by atoms with E-state index in [2.05, 4.69) is 50.2 Å². The monoisotopic (exact) mass is 591 g/mol. The van der Waals surface area contributed by atoms with Crippen LogP contribution in [0.1, 0.15) is 72.6 Å². The van der Waals surface area contributed by atoms with Gasteiger partial charge in [-0.3, -0.25) is 9.79 Å². The quantitative estimate of drug-likeness (QED) is 0.168. The first kappa shape index (κ1) is 36.3. The van der Waals surface area contributed by atoms with Crippen LogP contribution in [0.4, 0.5) is 0 Å². The van der Waals surface area contributed by atoms with Crippen LogP contribution in [-0.4, -0.2) is 105 Å². The molecular formula is C32H57N5O5. The summed E-state index contributed by atoms with van der Waals surface area (Å²) in [5.74, 6) is -0.229. The summed E-state index contributed by atoms with van der Waals surface area (Å²) in [6.45, 7) is 9.15. The van der Waals surface area contributed by atoms with Crippen molar-refractivity contribution in [2.75, 3.05) is 34.3 Å². The van der Waals surface area contributed by atoms with Gasteiger partial charge in [0.15, 0.2) is 6.29 Å². The molecule has 0 bridgehead atoms. The van der Waals surface area contributed by atoms with Gasteiger partial charge in [0.1, 0.15) is 18.8 Å². The van der Waals surface area contributed by atoms with Gasteiger partial charge in [0, 0.05) is 33.0 Å². The number of aliphatic hydroxyl groups is 1. The third-order valence-corrected chi connectivity index (χ3v) is 8.17. The molecule has 0 radical (unpaired) electrons. The lowest BCUT2D eigenvalue weighted by molar-refractivity contribution is -0.254. The van der Waals surface area contributed by atoms with Crippen LogP contribution < -0.4 is 16.8 Å². The lowest BCUT2D eigenvalue weighted by Crippen LogP contribution is -2.66. The highest BCUT2D eigenvalue weighted by Gasteiger charge is 2.48. The number of ether oxygens (including phenoxy) is 3. The summed E-state index contributed by atoms with van der Waals surface area (Å²) in [5.41, 5.74) is 16.7. The van der Waals surface area contributed by atoms with E-state index >= 15 is 0 Å². The summed E-state index contributed by atoms with van der Waals surface area (Å²) < 4.78 is 17.9.